The summed E-state index contributed by atoms with van der Waals surface area (Å²) in [6, 6.07) is 13.7. The minimum atomic E-state index is 0.501. The van der Waals surface area contributed by atoms with Gasteiger partial charge in [-0.3, -0.25) is 4.68 Å². The highest BCUT2D eigenvalue weighted by atomic mass is 15.2. The molecule has 0 unspecified atom stereocenters. The Morgan fingerprint density at radius 3 is 2.68 bits per heavy atom. The summed E-state index contributed by atoms with van der Waals surface area (Å²) < 4.78 is 1.82. The van der Waals surface area contributed by atoms with Crippen molar-refractivity contribution in [2.24, 2.45) is 7.05 Å². The first-order valence-corrected chi connectivity index (χ1v) is 5.92. The molecule has 0 spiro atoms. The predicted octanol–water partition coefficient (Wildman–Crippen LogP) is 2.69. The monoisotopic (exact) mass is 248 g/mol. The molecular formula is C15H12N4. The van der Waals surface area contributed by atoms with E-state index in [2.05, 4.69) is 11.2 Å². The second kappa shape index (κ2) is 4.14. The lowest BCUT2D eigenvalue weighted by Crippen LogP contribution is -1.93. The smallest absolute Gasteiger partial charge is 0.102 e. The Labute approximate surface area is 110 Å². The van der Waals surface area contributed by atoms with E-state index >= 15 is 0 Å². The van der Waals surface area contributed by atoms with Crippen LogP contribution in [0.25, 0.3) is 22.0 Å². The zero-order valence-electron chi connectivity index (χ0n) is 10.5. The molecule has 3 rings (SSSR count). The van der Waals surface area contributed by atoms with E-state index in [0.29, 0.717) is 11.3 Å². The van der Waals surface area contributed by atoms with E-state index < -0.39 is 0 Å². The molecule has 3 aromatic rings. The standard InChI is InChI=1S/C15H12N4/c1-19-15-7-3-5-11(13(15)9-18-19)10-4-2-6-14(17)12(10)8-16/h2-7,9H,17H2,1H3. The number of aromatic nitrogens is 2. The predicted molar refractivity (Wildman–Crippen MR) is 75.3 cm³/mol. The Kier molecular flexibility index (Phi) is 2.46. The van der Waals surface area contributed by atoms with Crippen molar-refractivity contribution in [3.8, 4) is 17.2 Å². The second-order valence-corrected chi connectivity index (χ2v) is 4.39. The van der Waals surface area contributed by atoms with Crippen LogP contribution in [0.3, 0.4) is 0 Å². The first-order valence-electron chi connectivity index (χ1n) is 5.92. The Balaban J connectivity index is 2.38. The zero-order valence-corrected chi connectivity index (χ0v) is 10.5. The fraction of sp³-hybridized carbons (Fsp3) is 0.0667. The minimum absolute atomic E-state index is 0.501. The summed E-state index contributed by atoms with van der Waals surface area (Å²) in [4.78, 5) is 0. The van der Waals surface area contributed by atoms with Gasteiger partial charge in [-0.1, -0.05) is 24.3 Å². The summed E-state index contributed by atoms with van der Waals surface area (Å²) in [5.41, 5.74) is 9.75. The highest BCUT2D eigenvalue weighted by Gasteiger charge is 2.12. The first kappa shape index (κ1) is 11.3. The number of hydrogen-bond donors (Lipinski definition) is 1. The number of rotatable bonds is 1. The molecule has 2 aromatic carbocycles. The topological polar surface area (TPSA) is 67.6 Å². The first-order chi connectivity index (χ1) is 9.22. The van der Waals surface area contributed by atoms with E-state index in [9.17, 15) is 5.26 Å². The largest absolute Gasteiger partial charge is 0.398 e. The Morgan fingerprint density at radius 1 is 1.16 bits per heavy atom. The minimum Gasteiger partial charge on any atom is -0.398 e. The number of nitrogen functional groups attached to an aromatic ring is 1. The van der Waals surface area contributed by atoms with Crippen molar-refractivity contribution in [2.45, 2.75) is 0 Å². The van der Waals surface area contributed by atoms with E-state index in [4.69, 9.17) is 5.73 Å². The second-order valence-electron chi connectivity index (χ2n) is 4.39. The van der Waals surface area contributed by atoms with Gasteiger partial charge in [0.2, 0.25) is 0 Å². The summed E-state index contributed by atoms with van der Waals surface area (Å²) in [5, 5.41) is 14.6. The van der Waals surface area contributed by atoms with Gasteiger partial charge in [-0.25, -0.2) is 0 Å². The summed E-state index contributed by atoms with van der Waals surface area (Å²) >= 11 is 0. The van der Waals surface area contributed by atoms with Gasteiger partial charge in [0.25, 0.3) is 0 Å². The average molecular weight is 248 g/mol. The van der Waals surface area contributed by atoms with Gasteiger partial charge in [-0.2, -0.15) is 10.4 Å². The maximum Gasteiger partial charge on any atom is 0.102 e. The van der Waals surface area contributed by atoms with Gasteiger partial charge >= 0.3 is 0 Å². The number of anilines is 1. The lowest BCUT2D eigenvalue weighted by molar-refractivity contribution is 0.797. The van der Waals surface area contributed by atoms with Crippen molar-refractivity contribution in [1.82, 2.24) is 9.78 Å². The summed E-state index contributed by atoms with van der Waals surface area (Å²) in [6.07, 6.45) is 1.81. The van der Waals surface area contributed by atoms with Crippen molar-refractivity contribution in [1.29, 1.82) is 5.26 Å². The van der Waals surface area contributed by atoms with Gasteiger partial charge in [0.1, 0.15) is 6.07 Å². The van der Waals surface area contributed by atoms with Crippen LogP contribution >= 0.6 is 0 Å². The van der Waals surface area contributed by atoms with Gasteiger partial charge in [-0.15, -0.1) is 0 Å². The molecular weight excluding hydrogens is 236 g/mol. The molecule has 0 aliphatic carbocycles. The van der Waals surface area contributed by atoms with Gasteiger partial charge in [0, 0.05) is 18.0 Å². The highest BCUT2D eigenvalue weighted by Crippen LogP contribution is 2.32. The van der Waals surface area contributed by atoms with Crippen LogP contribution in [0.15, 0.2) is 42.6 Å². The third-order valence-corrected chi connectivity index (χ3v) is 3.29. The number of hydrogen-bond acceptors (Lipinski definition) is 3. The molecule has 1 heterocycles. The van der Waals surface area contributed by atoms with Gasteiger partial charge in [0.05, 0.1) is 23.0 Å². The molecule has 0 saturated carbocycles. The molecule has 19 heavy (non-hydrogen) atoms. The van der Waals surface area contributed by atoms with Crippen LogP contribution in [0.2, 0.25) is 0 Å². The third-order valence-electron chi connectivity index (χ3n) is 3.29. The highest BCUT2D eigenvalue weighted by molar-refractivity contribution is 5.96. The molecule has 0 fully saturated rings. The molecule has 0 aliphatic rings. The maximum atomic E-state index is 9.29. The Bertz CT molecular complexity index is 809. The maximum absolute atomic E-state index is 9.29. The van der Waals surface area contributed by atoms with Crippen molar-refractivity contribution < 1.29 is 0 Å². The van der Waals surface area contributed by atoms with Crippen LogP contribution in [-0.2, 0) is 7.05 Å². The molecule has 2 N–H and O–H groups in total. The molecule has 92 valence electrons. The van der Waals surface area contributed by atoms with E-state index in [1.165, 1.54) is 0 Å². The fourth-order valence-corrected chi connectivity index (χ4v) is 2.33. The summed E-state index contributed by atoms with van der Waals surface area (Å²) in [6.45, 7) is 0. The quantitative estimate of drug-likeness (QED) is 0.673. The molecule has 0 aliphatic heterocycles. The molecule has 0 bridgehead atoms. The summed E-state index contributed by atoms with van der Waals surface area (Å²) in [5.74, 6) is 0. The number of nitrogens with zero attached hydrogens (tertiary/aromatic N) is 3. The van der Waals surface area contributed by atoms with Crippen molar-refractivity contribution in [2.75, 3.05) is 5.73 Å². The number of nitriles is 1. The van der Waals surface area contributed by atoms with Crippen LogP contribution in [0.5, 0.6) is 0 Å². The molecule has 4 heteroatoms. The number of nitrogens with two attached hydrogens (primary N) is 1. The van der Waals surface area contributed by atoms with Gasteiger partial charge < -0.3 is 5.73 Å². The molecule has 4 nitrogen and oxygen atoms in total. The zero-order chi connectivity index (χ0) is 13.4. The lowest BCUT2D eigenvalue weighted by atomic mass is 9.96. The van der Waals surface area contributed by atoms with E-state index in [1.54, 1.807) is 6.07 Å². The number of benzene rings is 2. The molecule has 0 amide bonds. The van der Waals surface area contributed by atoms with E-state index in [1.807, 2.05) is 48.3 Å². The molecule has 0 saturated heterocycles. The number of aryl methyl sites for hydroxylation is 1. The van der Waals surface area contributed by atoms with Crippen LogP contribution in [0, 0.1) is 11.3 Å². The van der Waals surface area contributed by atoms with Crippen LogP contribution in [-0.4, -0.2) is 9.78 Å². The van der Waals surface area contributed by atoms with Crippen molar-refractivity contribution >= 4 is 16.6 Å². The van der Waals surface area contributed by atoms with Gasteiger partial charge in [-0.05, 0) is 17.7 Å². The van der Waals surface area contributed by atoms with Crippen LogP contribution < -0.4 is 5.73 Å². The normalized spacial score (nSPS) is 10.5. The lowest BCUT2D eigenvalue weighted by Gasteiger charge is -2.08. The average Bonchev–Trinajstić information content (AvgIpc) is 2.80. The Hall–Kier alpha value is -2.80. The molecule has 0 radical (unpaired) electrons. The van der Waals surface area contributed by atoms with E-state index in [-0.39, 0.29) is 0 Å². The van der Waals surface area contributed by atoms with Crippen molar-refractivity contribution in [3.63, 3.8) is 0 Å². The molecule has 1 aromatic heterocycles. The van der Waals surface area contributed by atoms with Crippen LogP contribution in [0.4, 0.5) is 5.69 Å². The van der Waals surface area contributed by atoms with E-state index in [0.717, 1.165) is 22.0 Å². The van der Waals surface area contributed by atoms with Crippen LogP contribution in [0.1, 0.15) is 5.56 Å². The third kappa shape index (κ3) is 1.64. The van der Waals surface area contributed by atoms with Gasteiger partial charge in [0.15, 0.2) is 0 Å². The number of fused-ring (bicyclic) bond motifs is 1. The fourth-order valence-electron chi connectivity index (χ4n) is 2.33. The Morgan fingerprint density at radius 2 is 1.89 bits per heavy atom. The molecule has 0 atom stereocenters. The SMILES string of the molecule is Cn1ncc2c(-c3cccc(N)c3C#N)cccc21. The van der Waals surface area contributed by atoms with Crippen molar-refractivity contribution in [3.05, 3.63) is 48.2 Å². The summed E-state index contributed by atoms with van der Waals surface area (Å²) in [7, 11) is 1.90.